The lowest BCUT2D eigenvalue weighted by molar-refractivity contribution is -0.120. The predicted molar refractivity (Wildman–Crippen MR) is 71.4 cm³/mol. The van der Waals surface area contributed by atoms with E-state index in [-0.39, 0.29) is 5.91 Å². The van der Waals surface area contributed by atoms with Gasteiger partial charge in [-0.2, -0.15) is 0 Å². The maximum Gasteiger partial charge on any atom is 0.242 e. The highest BCUT2D eigenvalue weighted by Crippen LogP contribution is 2.32. The quantitative estimate of drug-likeness (QED) is 0.809. The summed E-state index contributed by atoms with van der Waals surface area (Å²) < 4.78 is 10.3. The fraction of sp³-hybridized carbons (Fsp3) is 0.462. The van der Waals surface area contributed by atoms with Crippen LogP contribution in [0.15, 0.2) is 18.2 Å². The van der Waals surface area contributed by atoms with E-state index in [9.17, 15) is 4.79 Å². The van der Waals surface area contributed by atoms with Crippen molar-refractivity contribution in [2.24, 2.45) is 0 Å². The topological polar surface area (TPSA) is 47.6 Å². The third kappa shape index (κ3) is 3.53. The third-order valence-corrected chi connectivity index (χ3v) is 2.93. The maximum atomic E-state index is 11.8. The summed E-state index contributed by atoms with van der Waals surface area (Å²) in [5.74, 6) is 0.983. The molecule has 0 aromatic heterocycles. The van der Waals surface area contributed by atoms with E-state index in [0.29, 0.717) is 23.6 Å². The van der Waals surface area contributed by atoms with E-state index >= 15 is 0 Å². The van der Waals surface area contributed by atoms with E-state index in [4.69, 9.17) is 21.1 Å². The van der Waals surface area contributed by atoms with E-state index in [1.54, 1.807) is 25.3 Å². The molecule has 0 spiro atoms. The van der Waals surface area contributed by atoms with Gasteiger partial charge in [0, 0.05) is 18.2 Å². The van der Waals surface area contributed by atoms with Gasteiger partial charge in [0.2, 0.25) is 5.91 Å². The molecule has 0 saturated heterocycles. The lowest BCUT2D eigenvalue weighted by atomic mass is 10.1. The smallest absolute Gasteiger partial charge is 0.242 e. The number of benzene rings is 1. The number of carbonyl (C=O) groups excluding carboxylic acids is 1. The van der Waals surface area contributed by atoms with Crippen molar-refractivity contribution >= 4 is 17.5 Å². The number of amides is 1. The second-order valence-electron chi connectivity index (χ2n) is 3.76. The minimum Gasteiger partial charge on any atom is -0.497 e. The van der Waals surface area contributed by atoms with Crippen molar-refractivity contribution in [1.82, 2.24) is 5.32 Å². The highest BCUT2D eigenvalue weighted by Gasteiger charge is 2.21. The number of ether oxygens (including phenoxy) is 2. The molecule has 4 nitrogen and oxygen atoms in total. The fourth-order valence-corrected chi connectivity index (χ4v) is 1.76. The normalized spacial score (nSPS) is 11.8. The van der Waals surface area contributed by atoms with E-state index in [1.807, 2.05) is 6.92 Å². The molecule has 0 aliphatic rings. The summed E-state index contributed by atoms with van der Waals surface area (Å²) in [5, 5.41) is 1.99. The summed E-state index contributed by atoms with van der Waals surface area (Å²) in [6.07, 6.45) is 0.870. The van der Waals surface area contributed by atoms with Crippen LogP contribution in [-0.4, -0.2) is 26.7 Å². The van der Waals surface area contributed by atoms with Crippen molar-refractivity contribution in [2.75, 3.05) is 20.8 Å². The molecule has 18 heavy (non-hydrogen) atoms. The molecule has 0 heterocycles. The SMILES string of the molecule is CCCNC(=O)C(Cl)c1ccc(OC)cc1OC. The van der Waals surface area contributed by atoms with E-state index < -0.39 is 5.38 Å². The number of alkyl halides is 1. The molecule has 5 heteroatoms. The Labute approximate surface area is 112 Å². The minimum absolute atomic E-state index is 0.220. The van der Waals surface area contributed by atoms with Crippen LogP contribution in [0, 0.1) is 0 Å². The number of nitrogens with one attached hydrogen (secondary N) is 1. The van der Waals surface area contributed by atoms with Crippen molar-refractivity contribution in [1.29, 1.82) is 0 Å². The van der Waals surface area contributed by atoms with Crippen molar-refractivity contribution in [2.45, 2.75) is 18.7 Å². The molecular formula is C13H18ClNO3. The first-order valence-corrected chi connectivity index (χ1v) is 6.21. The molecule has 0 saturated carbocycles. The number of rotatable bonds is 6. The molecule has 0 fully saturated rings. The Morgan fingerprint density at radius 3 is 2.67 bits per heavy atom. The molecule has 0 radical (unpaired) electrons. The first-order chi connectivity index (χ1) is 8.63. The molecule has 1 aromatic carbocycles. The van der Waals surface area contributed by atoms with Crippen LogP contribution >= 0.6 is 11.6 Å². The predicted octanol–water partition coefficient (Wildman–Crippen LogP) is 2.51. The van der Waals surface area contributed by atoms with E-state index in [0.717, 1.165) is 6.42 Å². The molecule has 1 atom stereocenters. The van der Waals surface area contributed by atoms with Gasteiger partial charge >= 0.3 is 0 Å². The largest absolute Gasteiger partial charge is 0.497 e. The van der Waals surface area contributed by atoms with Crippen molar-refractivity contribution in [3.8, 4) is 11.5 Å². The lowest BCUT2D eigenvalue weighted by Gasteiger charge is -2.14. The van der Waals surface area contributed by atoms with E-state index in [1.165, 1.54) is 7.11 Å². The summed E-state index contributed by atoms with van der Waals surface area (Å²) in [4.78, 5) is 11.8. The molecule has 1 rings (SSSR count). The lowest BCUT2D eigenvalue weighted by Crippen LogP contribution is -2.27. The molecule has 1 N–H and O–H groups in total. The summed E-state index contributed by atoms with van der Waals surface area (Å²) in [5.41, 5.74) is 0.633. The van der Waals surface area contributed by atoms with Crippen LogP contribution in [0.2, 0.25) is 0 Å². The minimum atomic E-state index is -0.766. The monoisotopic (exact) mass is 271 g/mol. The molecule has 100 valence electrons. The molecule has 0 bridgehead atoms. The van der Waals surface area contributed by atoms with Crippen molar-refractivity contribution in [3.05, 3.63) is 23.8 Å². The van der Waals surface area contributed by atoms with Gasteiger partial charge in [-0.25, -0.2) is 0 Å². The van der Waals surface area contributed by atoms with Gasteiger partial charge in [0.15, 0.2) is 0 Å². The molecular weight excluding hydrogens is 254 g/mol. The van der Waals surface area contributed by atoms with Crippen LogP contribution in [-0.2, 0) is 4.79 Å². The Morgan fingerprint density at radius 2 is 2.11 bits per heavy atom. The molecule has 0 aliphatic heterocycles. The van der Waals surface area contributed by atoms with Crippen LogP contribution in [0.5, 0.6) is 11.5 Å². The summed E-state index contributed by atoms with van der Waals surface area (Å²) in [6, 6.07) is 5.19. The van der Waals surface area contributed by atoms with Gasteiger partial charge in [-0.3, -0.25) is 4.79 Å². The zero-order valence-corrected chi connectivity index (χ0v) is 11.6. The standard InChI is InChI=1S/C13H18ClNO3/c1-4-7-15-13(16)12(14)10-6-5-9(17-2)8-11(10)18-3/h5-6,8,12H,4,7H2,1-3H3,(H,15,16). The first kappa shape index (κ1) is 14.6. The summed E-state index contributed by atoms with van der Waals surface area (Å²) in [6.45, 7) is 2.60. The zero-order chi connectivity index (χ0) is 13.5. The average Bonchev–Trinajstić information content (AvgIpc) is 2.43. The summed E-state index contributed by atoms with van der Waals surface area (Å²) >= 11 is 6.14. The highest BCUT2D eigenvalue weighted by molar-refractivity contribution is 6.31. The Hall–Kier alpha value is -1.42. The Kier molecular flexibility index (Phi) is 5.78. The Morgan fingerprint density at radius 1 is 1.39 bits per heavy atom. The zero-order valence-electron chi connectivity index (χ0n) is 10.8. The Balaban J connectivity index is 2.90. The van der Waals surface area contributed by atoms with Gasteiger partial charge in [0.05, 0.1) is 14.2 Å². The molecule has 1 amide bonds. The number of methoxy groups -OCH3 is 2. The van der Waals surface area contributed by atoms with Crippen LogP contribution in [0.1, 0.15) is 24.3 Å². The van der Waals surface area contributed by atoms with Crippen LogP contribution in [0.4, 0.5) is 0 Å². The molecule has 1 aromatic rings. The second-order valence-corrected chi connectivity index (χ2v) is 4.20. The van der Waals surface area contributed by atoms with Crippen LogP contribution in [0.25, 0.3) is 0 Å². The second kappa shape index (κ2) is 7.11. The van der Waals surface area contributed by atoms with Crippen molar-refractivity contribution < 1.29 is 14.3 Å². The molecule has 1 unspecified atom stereocenters. The van der Waals surface area contributed by atoms with Crippen molar-refractivity contribution in [3.63, 3.8) is 0 Å². The highest BCUT2D eigenvalue weighted by atomic mass is 35.5. The third-order valence-electron chi connectivity index (χ3n) is 2.49. The van der Waals surface area contributed by atoms with Crippen LogP contribution in [0.3, 0.4) is 0 Å². The number of hydrogen-bond donors (Lipinski definition) is 1. The van der Waals surface area contributed by atoms with Gasteiger partial charge in [-0.15, -0.1) is 11.6 Å². The van der Waals surface area contributed by atoms with Gasteiger partial charge in [0.1, 0.15) is 16.9 Å². The Bertz CT molecular complexity index is 409. The fourth-order valence-electron chi connectivity index (χ4n) is 1.51. The maximum absolute atomic E-state index is 11.8. The van der Waals surface area contributed by atoms with Gasteiger partial charge in [0.25, 0.3) is 0 Å². The van der Waals surface area contributed by atoms with E-state index in [2.05, 4.69) is 5.32 Å². The number of halogens is 1. The molecule has 0 aliphatic carbocycles. The first-order valence-electron chi connectivity index (χ1n) is 5.77. The number of hydrogen-bond acceptors (Lipinski definition) is 3. The van der Waals surface area contributed by atoms with Gasteiger partial charge < -0.3 is 14.8 Å². The van der Waals surface area contributed by atoms with Crippen LogP contribution < -0.4 is 14.8 Å². The average molecular weight is 272 g/mol. The van der Waals surface area contributed by atoms with Gasteiger partial charge in [-0.1, -0.05) is 6.92 Å². The van der Waals surface area contributed by atoms with Gasteiger partial charge in [-0.05, 0) is 18.6 Å². The number of carbonyl (C=O) groups is 1. The summed E-state index contributed by atoms with van der Waals surface area (Å²) in [7, 11) is 3.10.